The largest absolute Gasteiger partial charge is 0.363 e. The quantitative estimate of drug-likeness (QED) is 0.312. The summed E-state index contributed by atoms with van der Waals surface area (Å²) in [6, 6.07) is 40.5. The first kappa shape index (κ1) is 18.8. The molecule has 0 aliphatic heterocycles. The van der Waals surface area contributed by atoms with Gasteiger partial charge in [-0.2, -0.15) is 0 Å². The third-order valence-electron chi connectivity index (χ3n) is 4.96. The van der Waals surface area contributed by atoms with Crippen LogP contribution in [0, 0.1) is 0 Å². The number of hydrogen-bond acceptors (Lipinski definition) is 1. The molecule has 0 fully saturated rings. The fourth-order valence-electron chi connectivity index (χ4n) is 3.40. The highest BCUT2D eigenvalue weighted by Crippen LogP contribution is 2.22. The second-order valence-electron chi connectivity index (χ2n) is 7.16. The highest BCUT2D eigenvalue weighted by Gasteiger charge is 2.08. The number of anilines is 1. The van der Waals surface area contributed by atoms with Crippen LogP contribution in [0.5, 0.6) is 0 Å². The molecule has 0 aliphatic carbocycles. The molecule has 4 aromatic carbocycles. The molecule has 0 N–H and O–H groups in total. The summed E-state index contributed by atoms with van der Waals surface area (Å²) >= 11 is 0. The van der Waals surface area contributed by atoms with E-state index < -0.39 is 0 Å². The summed E-state index contributed by atoms with van der Waals surface area (Å²) < 4.78 is 0. The molecule has 0 aromatic heterocycles. The van der Waals surface area contributed by atoms with Crippen LogP contribution in [-0.4, -0.2) is 0 Å². The van der Waals surface area contributed by atoms with Gasteiger partial charge in [0.15, 0.2) is 0 Å². The van der Waals surface area contributed by atoms with Gasteiger partial charge in [-0.25, -0.2) is 0 Å². The molecular weight excluding hydrogens is 350 g/mol. The van der Waals surface area contributed by atoms with Crippen LogP contribution in [0.3, 0.4) is 0 Å². The minimum atomic E-state index is 0.884. The van der Waals surface area contributed by atoms with E-state index in [-0.39, 0.29) is 0 Å². The molecule has 0 unspecified atom stereocenters. The predicted octanol–water partition coefficient (Wildman–Crippen LogP) is 7.06. The minimum absolute atomic E-state index is 0.884. The van der Waals surface area contributed by atoms with E-state index in [1.165, 1.54) is 27.9 Å². The molecular formula is C28H25N. The Labute approximate surface area is 173 Å². The molecule has 0 aliphatic rings. The molecule has 0 atom stereocenters. The van der Waals surface area contributed by atoms with Gasteiger partial charge >= 0.3 is 0 Å². The third kappa shape index (κ3) is 5.46. The SMILES string of the molecule is C(=C\c1ccc(N(Cc2ccccc2)Cc2ccccc2)cc1)/c1ccccc1. The average Bonchev–Trinajstić information content (AvgIpc) is 2.80. The van der Waals surface area contributed by atoms with Crippen molar-refractivity contribution in [2.24, 2.45) is 0 Å². The van der Waals surface area contributed by atoms with Crippen LogP contribution in [0.2, 0.25) is 0 Å². The standard InChI is InChI=1S/C28H25N/c1-4-10-24(11-5-1)16-17-25-18-20-28(21-19-25)29(22-26-12-6-2-7-13-26)23-27-14-8-3-9-15-27/h1-21H,22-23H2/b17-16+. The van der Waals surface area contributed by atoms with Crippen molar-refractivity contribution in [3.05, 3.63) is 138 Å². The lowest BCUT2D eigenvalue weighted by atomic mass is 10.1. The number of nitrogens with zero attached hydrogens (tertiary/aromatic N) is 1. The van der Waals surface area contributed by atoms with Crippen molar-refractivity contribution in [1.82, 2.24) is 0 Å². The molecule has 1 heteroatoms. The van der Waals surface area contributed by atoms with Crippen molar-refractivity contribution in [2.45, 2.75) is 13.1 Å². The summed E-state index contributed by atoms with van der Waals surface area (Å²) in [6.45, 7) is 1.77. The van der Waals surface area contributed by atoms with Crippen molar-refractivity contribution in [1.29, 1.82) is 0 Å². The lowest BCUT2D eigenvalue weighted by Crippen LogP contribution is -2.22. The van der Waals surface area contributed by atoms with Crippen LogP contribution >= 0.6 is 0 Å². The molecule has 4 aromatic rings. The zero-order chi connectivity index (χ0) is 19.7. The topological polar surface area (TPSA) is 3.24 Å². The van der Waals surface area contributed by atoms with Crippen molar-refractivity contribution in [3.63, 3.8) is 0 Å². The third-order valence-corrected chi connectivity index (χ3v) is 4.96. The molecule has 0 saturated carbocycles. The molecule has 0 saturated heterocycles. The Bertz CT molecular complexity index is 978. The van der Waals surface area contributed by atoms with E-state index in [4.69, 9.17) is 0 Å². The van der Waals surface area contributed by atoms with E-state index in [0.29, 0.717) is 0 Å². The Morgan fingerprint density at radius 2 is 0.862 bits per heavy atom. The van der Waals surface area contributed by atoms with E-state index in [1.54, 1.807) is 0 Å². The first-order valence-corrected chi connectivity index (χ1v) is 10.0. The van der Waals surface area contributed by atoms with Crippen LogP contribution < -0.4 is 4.90 Å². The zero-order valence-corrected chi connectivity index (χ0v) is 16.5. The van der Waals surface area contributed by atoms with Crippen molar-refractivity contribution in [2.75, 3.05) is 4.90 Å². The predicted molar refractivity (Wildman–Crippen MR) is 125 cm³/mol. The summed E-state index contributed by atoms with van der Waals surface area (Å²) in [5.74, 6) is 0. The minimum Gasteiger partial charge on any atom is -0.363 e. The first-order chi connectivity index (χ1) is 14.4. The maximum absolute atomic E-state index is 2.43. The Kier molecular flexibility index (Phi) is 6.19. The molecule has 0 bridgehead atoms. The van der Waals surface area contributed by atoms with Crippen LogP contribution in [0.15, 0.2) is 115 Å². The van der Waals surface area contributed by atoms with Gasteiger partial charge in [-0.05, 0) is 34.4 Å². The smallest absolute Gasteiger partial charge is 0.0433 e. The second-order valence-corrected chi connectivity index (χ2v) is 7.16. The van der Waals surface area contributed by atoms with Gasteiger partial charge in [0.1, 0.15) is 0 Å². The van der Waals surface area contributed by atoms with E-state index in [1.807, 2.05) is 6.07 Å². The van der Waals surface area contributed by atoms with Crippen LogP contribution in [0.25, 0.3) is 12.2 Å². The summed E-state index contributed by atoms with van der Waals surface area (Å²) in [5, 5.41) is 0. The van der Waals surface area contributed by atoms with Crippen molar-refractivity contribution < 1.29 is 0 Å². The summed E-state index contributed by atoms with van der Waals surface area (Å²) in [7, 11) is 0. The fourth-order valence-corrected chi connectivity index (χ4v) is 3.40. The van der Waals surface area contributed by atoms with E-state index in [0.717, 1.165) is 13.1 Å². The monoisotopic (exact) mass is 375 g/mol. The number of benzene rings is 4. The van der Waals surface area contributed by atoms with Gasteiger partial charge in [-0.15, -0.1) is 0 Å². The average molecular weight is 376 g/mol. The van der Waals surface area contributed by atoms with Gasteiger partial charge in [-0.1, -0.05) is 115 Å². The van der Waals surface area contributed by atoms with Crippen LogP contribution in [0.4, 0.5) is 5.69 Å². The van der Waals surface area contributed by atoms with Gasteiger partial charge in [-0.3, -0.25) is 0 Å². The summed E-state index contributed by atoms with van der Waals surface area (Å²) in [6.07, 6.45) is 4.32. The molecule has 29 heavy (non-hydrogen) atoms. The Morgan fingerprint density at radius 1 is 0.448 bits per heavy atom. The maximum atomic E-state index is 2.43. The molecule has 4 rings (SSSR count). The van der Waals surface area contributed by atoms with Gasteiger partial charge < -0.3 is 4.90 Å². The van der Waals surface area contributed by atoms with E-state index >= 15 is 0 Å². The fraction of sp³-hybridized carbons (Fsp3) is 0.0714. The normalized spacial score (nSPS) is 10.9. The van der Waals surface area contributed by atoms with E-state index in [9.17, 15) is 0 Å². The highest BCUT2D eigenvalue weighted by molar-refractivity contribution is 5.70. The molecule has 0 amide bonds. The summed E-state index contributed by atoms with van der Waals surface area (Å²) in [5.41, 5.74) is 6.28. The lowest BCUT2D eigenvalue weighted by molar-refractivity contribution is 0.800. The van der Waals surface area contributed by atoms with Crippen molar-refractivity contribution in [3.8, 4) is 0 Å². The Morgan fingerprint density at radius 3 is 1.34 bits per heavy atom. The van der Waals surface area contributed by atoms with Gasteiger partial charge in [0.25, 0.3) is 0 Å². The number of rotatable bonds is 7. The van der Waals surface area contributed by atoms with Gasteiger partial charge in [0, 0.05) is 18.8 Å². The van der Waals surface area contributed by atoms with Gasteiger partial charge in [0.2, 0.25) is 0 Å². The van der Waals surface area contributed by atoms with Gasteiger partial charge in [0.05, 0.1) is 0 Å². The molecule has 142 valence electrons. The maximum Gasteiger partial charge on any atom is 0.0433 e. The number of hydrogen-bond donors (Lipinski definition) is 0. The van der Waals surface area contributed by atoms with Crippen LogP contribution in [0.1, 0.15) is 22.3 Å². The lowest BCUT2D eigenvalue weighted by Gasteiger charge is -2.25. The Balaban J connectivity index is 1.54. The highest BCUT2D eigenvalue weighted by atomic mass is 15.1. The zero-order valence-electron chi connectivity index (χ0n) is 16.5. The molecule has 0 heterocycles. The van der Waals surface area contributed by atoms with E-state index in [2.05, 4.69) is 126 Å². The molecule has 1 nitrogen and oxygen atoms in total. The first-order valence-electron chi connectivity index (χ1n) is 10.0. The summed E-state index contributed by atoms with van der Waals surface area (Å²) in [4.78, 5) is 2.43. The second kappa shape index (κ2) is 9.57. The Hall–Kier alpha value is -3.58. The molecule has 0 radical (unpaired) electrons. The van der Waals surface area contributed by atoms with Crippen molar-refractivity contribution >= 4 is 17.8 Å². The van der Waals surface area contributed by atoms with Crippen LogP contribution in [-0.2, 0) is 13.1 Å². The molecule has 0 spiro atoms.